The van der Waals surface area contributed by atoms with E-state index >= 15 is 0 Å². The number of aromatic amines is 1. The molecule has 2 aliphatic rings. The fraction of sp³-hybridized carbons (Fsp3) is 0.414. The number of nitrogens with one attached hydrogen (secondary N) is 1. The van der Waals surface area contributed by atoms with Gasteiger partial charge in [-0.05, 0) is 98.4 Å². The van der Waals surface area contributed by atoms with Crippen LogP contribution in [0.25, 0.3) is 5.57 Å². The van der Waals surface area contributed by atoms with E-state index in [2.05, 4.69) is 58.7 Å². The van der Waals surface area contributed by atoms with Crippen molar-refractivity contribution < 1.29 is 0 Å². The maximum atomic E-state index is 6.37. The summed E-state index contributed by atoms with van der Waals surface area (Å²) in [4.78, 5) is 9.95. The first-order valence-corrected chi connectivity index (χ1v) is 12.7. The number of unbranched alkanes of at least 4 members (excludes halogenated alkanes) is 2. The van der Waals surface area contributed by atoms with E-state index in [4.69, 9.17) is 11.6 Å². The summed E-state index contributed by atoms with van der Waals surface area (Å²) in [6.45, 7) is 9.70. The molecule has 2 heterocycles. The molecular weight excluding hydrogens is 426 g/mol. The average molecular weight is 462 g/mol. The van der Waals surface area contributed by atoms with E-state index < -0.39 is 0 Å². The molecule has 174 valence electrons. The first kappa shape index (κ1) is 23.8. The Morgan fingerprint density at radius 3 is 2.73 bits per heavy atom. The van der Waals surface area contributed by atoms with Crippen LogP contribution in [0, 0.1) is 0 Å². The Hall–Kier alpha value is -2.36. The van der Waals surface area contributed by atoms with Gasteiger partial charge in [-0.25, -0.2) is 4.98 Å². The van der Waals surface area contributed by atoms with E-state index in [0.717, 1.165) is 50.2 Å². The molecular formula is C29H36ClN3. The van der Waals surface area contributed by atoms with Crippen molar-refractivity contribution in [3.8, 4) is 0 Å². The minimum Gasteiger partial charge on any atom is -0.348 e. The van der Waals surface area contributed by atoms with E-state index in [1.54, 1.807) is 11.9 Å². The van der Waals surface area contributed by atoms with Crippen molar-refractivity contribution in [2.75, 3.05) is 19.6 Å². The zero-order chi connectivity index (χ0) is 23.0. The molecule has 0 bridgehead atoms. The molecule has 0 spiro atoms. The third-order valence-electron chi connectivity index (χ3n) is 7.08. The van der Waals surface area contributed by atoms with Crippen LogP contribution in [-0.4, -0.2) is 34.5 Å². The fourth-order valence-corrected chi connectivity index (χ4v) is 5.42. The number of nitrogens with zero attached hydrogens (tertiary/aromatic N) is 2. The minimum atomic E-state index is 0.836. The van der Waals surface area contributed by atoms with Crippen LogP contribution < -0.4 is 0 Å². The van der Waals surface area contributed by atoms with Gasteiger partial charge in [-0.3, -0.25) is 0 Å². The average Bonchev–Trinajstić information content (AvgIpc) is 3.30. The highest BCUT2D eigenvalue weighted by Crippen LogP contribution is 2.40. The molecule has 1 fully saturated rings. The second-order valence-corrected chi connectivity index (χ2v) is 9.69. The minimum absolute atomic E-state index is 0.836. The van der Waals surface area contributed by atoms with E-state index in [1.165, 1.54) is 59.3 Å². The monoisotopic (exact) mass is 461 g/mol. The maximum absolute atomic E-state index is 6.37. The first-order chi connectivity index (χ1) is 16.2. The van der Waals surface area contributed by atoms with Crippen molar-refractivity contribution in [3.63, 3.8) is 0 Å². The molecule has 1 aliphatic carbocycles. The molecule has 2 aromatic rings. The van der Waals surface area contributed by atoms with Crippen molar-refractivity contribution in [2.24, 2.45) is 0 Å². The predicted molar refractivity (Wildman–Crippen MR) is 141 cm³/mol. The first-order valence-electron chi connectivity index (χ1n) is 12.4. The highest BCUT2D eigenvalue weighted by molar-refractivity contribution is 6.30. The lowest BCUT2D eigenvalue weighted by Gasteiger charge is -2.30. The molecule has 0 amide bonds. The summed E-state index contributed by atoms with van der Waals surface area (Å²) < 4.78 is 0. The number of allylic oxidation sites excluding steroid dienone is 6. The molecule has 0 unspecified atom stereocenters. The lowest BCUT2D eigenvalue weighted by molar-refractivity contribution is 0.251. The highest BCUT2D eigenvalue weighted by Gasteiger charge is 2.23. The van der Waals surface area contributed by atoms with Gasteiger partial charge in [0.1, 0.15) is 0 Å². The number of aromatic nitrogens is 2. The third kappa shape index (κ3) is 6.16. The van der Waals surface area contributed by atoms with Gasteiger partial charge in [0.15, 0.2) is 0 Å². The lowest BCUT2D eigenvalue weighted by atomic mass is 9.86. The number of hydrogen-bond donors (Lipinski definition) is 1. The molecule has 4 rings (SSSR count). The van der Waals surface area contributed by atoms with E-state index in [9.17, 15) is 0 Å². The number of halogens is 1. The van der Waals surface area contributed by atoms with Crippen molar-refractivity contribution in [3.05, 3.63) is 94.1 Å². The predicted octanol–water partition coefficient (Wildman–Crippen LogP) is 7.33. The van der Waals surface area contributed by atoms with Gasteiger partial charge in [-0.2, -0.15) is 0 Å². The van der Waals surface area contributed by atoms with E-state index in [1.807, 2.05) is 12.3 Å². The zero-order valence-electron chi connectivity index (χ0n) is 19.9. The van der Waals surface area contributed by atoms with Gasteiger partial charge >= 0.3 is 0 Å². The molecule has 3 nitrogen and oxygen atoms in total. The van der Waals surface area contributed by atoms with Crippen LogP contribution in [0.4, 0.5) is 0 Å². The summed E-state index contributed by atoms with van der Waals surface area (Å²) in [5.74, 6) is 0. The summed E-state index contributed by atoms with van der Waals surface area (Å²) in [6, 6.07) is 6.47. The van der Waals surface area contributed by atoms with Gasteiger partial charge in [0.2, 0.25) is 0 Å². The summed E-state index contributed by atoms with van der Waals surface area (Å²) in [5.41, 5.74) is 9.95. The smallest absolute Gasteiger partial charge is 0.0921 e. The molecule has 4 heteroatoms. The number of benzene rings is 1. The Morgan fingerprint density at radius 1 is 1.12 bits per heavy atom. The lowest BCUT2D eigenvalue weighted by Crippen LogP contribution is -2.32. The summed E-state index contributed by atoms with van der Waals surface area (Å²) in [6.07, 6.45) is 19.2. The van der Waals surface area contributed by atoms with Crippen molar-refractivity contribution >= 4 is 17.2 Å². The molecule has 0 atom stereocenters. The second kappa shape index (κ2) is 11.7. The van der Waals surface area contributed by atoms with Crippen molar-refractivity contribution in [2.45, 2.75) is 58.3 Å². The van der Waals surface area contributed by atoms with E-state index in [-0.39, 0.29) is 0 Å². The zero-order valence-corrected chi connectivity index (χ0v) is 20.6. The van der Waals surface area contributed by atoms with Gasteiger partial charge in [0.05, 0.1) is 6.33 Å². The number of H-pyrrole nitrogens is 1. The van der Waals surface area contributed by atoms with Gasteiger partial charge in [0.25, 0.3) is 0 Å². The van der Waals surface area contributed by atoms with Crippen LogP contribution in [0.1, 0.15) is 62.3 Å². The van der Waals surface area contributed by atoms with Crippen LogP contribution in [0.15, 0.2) is 72.2 Å². The number of rotatable bonds is 8. The van der Waals surface area contributed by atoms with Crippen molar-refractivity contribution in [1.82, 2.24) is 14.9 Å². The molecule has 1 aromatic heterocycles. The van der Waals surface area contributed by atoms with Gasteiger partial charge in [0, 0.05) is 30.0 Å². The molecule has 1 saturated heterocycles. The molecule has 33 heavy (non-hydrogen) atoms. The van der Waals surface area contributed by atoms with Crippen molar-refractivity contribution in [1.29, 1.82) is 0 Å². The molecule has 1 N–H and O–H groups in total. The number of imidazole rings is 1. The number of likely N-dealkylation sites (tertiary alicyclic amines) is 1. The summed E-state index contributed by atoms with van der Waals surface area (Å²) in [7, 11) is 0. The maximum Gasteiger partial charge on any atom is 0.0921 e. The standard InChI is InChI=1S/C29H36ClN3/c1-3-4-8-23-10-11-25-19-26(30)12-13-28(25)29(22(23)2)24-14-17-33(18-15-24)16-7-5-6-9-27-20-31-21-32-27/h3-4,8,12-13,19-21H,1,5-7,9-11,14-18H2,2H3,(H,31,32)/b8-4-. The third-order valence-corrected chi connectivity index (χ3v) is 7.31. The number of fused-ring (bicyclic) bond motifs is 1. The Labute approximate surface area is 204 Å². The molecule has 1 aliphatic heterocycles. The highest BCUT2D eigenvalue weighted by atomic mass is 35.5. The van der Waals surface area contributed by atoms with E-state index in [0.29, 0.717) is 0 Å². The topological polar surface area (TPSA) is 31.9 Å². The summed E-state index contributed by atoms with van der Waals surface area (Å²) in [5, 5.41) is 0.836. The number of aryl methyl sites for hydroxylation is 2. The fourth-order valence-electron chi connectivity index (χ4n) is 5.23. The largest absolute Gasteiger partial charge is 0.348 e. The SMILES string of the molecule is C=C/C=C\C1=C(C)C(=C2CCN(CCCCCc3cnc[nH]3)CC2)c2ccc(Cl)cc2CC1. The normalized spacial score (nSPS) is 17.5. The number of hydrogen-bond acceptors (Lipinski definition) is 2. The molecule has 0 saturated carbocycles. The van der Waals surface area contributed by atoms with Crippen LogP contribution >= 0.6 is 11.6 Å². The quantitative estimate of drug-likeness (QED) is 0.329. The second-order valence-electron chi connectivity index (χ2n) is 9.25. The van der Waals surface area contributed by atoms with Crippen LogP contribution in [0.5, 0.6) is 0 Å². The van der Waals surface area contributed by atoms with Crippen LogP contribution in [0.2, 0.25) is 5.02 Å². The molecule has 1 aromatic carbocycles. The van der Waals surface area contributed by atoms with Gasteiger partial charge in [-0.1, -0.05) is 54.5 Å². The van der Waals surface area contributed by atoms with Gasteiger partial charge in [-0.15, -0.1) is 0 Å². The van der Waals surface area contributed by atoms with Crippen LogP contribution in [0.3, 0.4) is 0 Å². The molecule has 0 radical (unpaired) electrons. The van der Waals surface area contributed by atoms with Crippen LogP contribution in [-0.2, 0) is 12.8 Å². The Morgan fingerprint density at radius 2 is 1.97 bits per heavy atom. The Kier molecular flexibility index (Phi) is 8.41. The van der Waals surface area contributed by atoms with Gasteiger partial charge < -0.3 is 9.88 Å². The number of piperidine rings is 1. The Bertz CT molecular complexity index is 1030. The Balaban J connectivity index is 1.43. The summed E-state index contributed by atoms with van der Waals surface area (Å²) >= 11 is 6.37.